The van der Waals surface area contributed by atoms with Crippen LogP contribution >= 0.6 is 11.3 Å². The predicted octanol–water partition coefficient (Wildman–Crippen LogP) is 5.68. The van der Waals surface area contributed by atoms with E-state index in [4.69, 9.17) is 5.41 Å². The molecule has 6 nitrogen and oxygen atoms in total. The minimum atomic E-state index is 0.275. The summed E-state index contributed by atoms with van der Waals surface area (Å²) in [6.45, 7) is 1.50. The summed E-state index contributed by atoms with van der Waals surface area (Å²) >= 11 is 1.75. The Hall–Kier alpha value is -2.98. The van der Waals surface area contributed by atoms with Crippen molar-refractivity contribution in [2.75, 3.05) is 17.2 Å². The first-order chi connectivity index (χ1) is 16.2. The van der Waals surface area contributed by atoms with Gasteiger partial charge in [-0.25, -0.2) is 4.98 Å². The number of nitrogens with zero attached hydrogens (tertiary/aromatic N) is 3. The Balaban J connectivity index is 1.17. The lowest BCUT2D eigenvalue weighted by molar-refractivity contribution is -0.0653. The Morgan fingerprint density at radius 1 is 1.18 bits per heavy atom. The van der Waals surface area contributed by atoms with Gasteiger partial charge in [0.05, 0.1) is 6.20 Å². The molecule has 4 saturated carbocycles. The van der Waals surface area contributed by atoms with E-state index >= 15 is 0 Å². The molecule has 4 fully saturated rings. The third kappa shape index (κ3) is 3.67. The number of nitriles is 1. The van der Waals surface area contributed by atoms with Crippen molar-refractivity contribution in [3.8, 4) is 6.07 Å². The quantitative estimate of drug-likeness (QED) is 0.397. The highest BCUT2D eigenvalue weighted by molar-refractivity contribution is 7.17. The van der Waals surface area contributed by atoms with Crippen molar-refractivity contribution in [3.05, 3.63) is 47.0 Å². The molecule has 4 aliphatic rings. The van der Waals surface area contributed by atoms with Gasteiger partial charge >= 0.3 is 0 Å². The lowest BCUT2D eigenvalue weighted by Gasteiger charge is -2.59. The van der Waals surface area contributed by atoms with Gasteiger partial charge in [-0.05, 0) is 89.8 Å². The van der Waals surface area contributed by atoms with Gasteiger partial charge in [0.15, 0.2) is 0 Å². The molecule has 3 N–H and O–H groups in total. The van der Waals surface area contributed by atoms with Gasteiger partial charge in [0.2, 0.25) is 5.95 Å². The maximum absolute atomic E-state index is 9.62. The molecule has 5 atom stereocenters. The van der Waals surface area contributed by atoms with Crippen molar-refractivity contribution in [2.24, 2.45) is 29.1 Å². The average molecular weight is 457 g/mol. The largest absolute Gasteiger partial charge is 0.368 e. The molecule has 4 bridgehead atoms. The van der Waals surface area contributed by atoms with Crippen LogP contribution in [-0.2, 0) is 6.54 Å². The van der Waals surface area contributed by atoms with Crippen molar-refractivity contribution >= 4 is 39.4 Å². The number of thiophene rings is 1. The molecule has 3 aromatic rings. The lowest BCUT2D eigenvalue weighted by Crippen LogP contribution is -2.53. The number of hydrogen-bond acceptors (Lipinski definition) is 7. The first-order valence-electron chi connectivity index (χ1n) is 11.9. The van der Waals surface area contributed by atoms with Crippen molar-refractivity contribution < 1.29 is 0 Å². The molecular weight excluding hydrogens is 428 g/mol. The Morgan fingerprint density at radius 2 is 2.00 bits per heavy atom. The van der Waals surface area contributed by atoms with Crippen LogP contribution in [0.5, 0.6) is 0 Å². The maximum atomic E-state index is 9.62. The van der Waals surface area contributed by atoms with Crippen LogP contribution in [0.15, 0.2) is 35.8 Å². The lowest BCUT2D eigenvalue weighted by atomic mass is 9.46. The smallest absolute Gasteiger partial charge is 0.224 e. The maximum Gasteiger partial charge on any atom is 0.224 e. The third-order valence-corrected chi connectivity index (χ3v) is 9.22. The van der Waals surface area contributed by atoms with Crippen LogP contribution in [-0.4, -0.2) is 22.7 Å². The summed E-state index contributed by atoms with van der Waals surface area (Å²) in [5.74, 6) is 3.78. The van der Waals surface area contributed by atoms with E-state index in [0.717, 1.165) is 12.5 Å². The molecule has 1 aromatic carbocycles. The van der Waals surface area contributed by atoms with Gasteiger partial charge in [0.25, 0.3) is 0 Å². The molecule has 7 rings (SSSR count). The molecule has 168 valence electrons. The predicted molar refractivity (Wildman–Crippen MR) is 133 cm³/mol. The van der Waals surface area contributed by atoms with Crippen LogP contribution in [0, 0.1) is 45.8 Å². The minimum absolute atomic E-state index is 0.275. The second kappa shape index (κ2) is 8.11. The van der Waals surface area contributed by atoms with E-state index in [1.165, 1.54) is 47.8 Å². The number of aromatic nitrogens is 2. The Kier molecular flexibility index (Phi) is 5.06. The molecule has 7 heteroatoms. The molecule has 33 heavy (non-hydrogen) atoms. The highest BCUT2D eigenvalue weighted by atomic mass is 32.1. The molecule has 4 aliphatic carbocycles. The summed E-state index contributed by atoms with van der Waals surface area (Å²) in [6, 6.07) is 10.7. The standard InChI is InChI=1S/C26H28N6S/c27-10-19-12-29-25(30-13-20-14-33-23-4-2-1-3-21(20)23)32-24(19)31-15-26-7-16-5-17(8-26)22(11-28)18(6-16)9-26/h1-4,11-12,14,16-18,22,28H,5-9,13,15H2,(H2,29,30,31,32)/t16?,17-,18+,22?,26?. The fraction of sp³-hybridized carbons (Fsp3) is 0.462. The molecule has 0 spiro atoms. The number of nitrogens with one attached hydrogen (secondary N) is 3. The van der Waals surface area contributed by atoms with E-state index in [-0.39, 0.29) is 5.41 Å². The average Bonchev–Trinajstić information content (AvgIpc) is 3.24. The summed E-state index contributed by atoms with van der Waals surface area (Å²) in [4.78, 5) is 9.06. The van der Waals surface area contributed by atoms with Gasteiger partial charge in [-0.1, -0.05) is 18.2 Å². The van der Waals surface area contributed by atoms with Gasteiger partial charge < -0.3 is 16.0 Å². The molecule has 0 amide bonds. The summed E-state index contributed by atoms with van der Waals surface area (Å²) in [7, 11) is 0. The summed E-state index contributed by atoms with van der Waals surface area (Å²) in [5.41, 5.74) is 1.99. The van der Waals surface area contributed by atoms with E-state index in [2.05, 4.69) is 56.3 Å². The van der Waals surface area contributed by atoms with E-state index in [0.29, 0.717) is 41.6 Å². The zero-order valence-electron chi connectivity index (χ0n) is 18.6. The van der Waals surface area contributed by atoms with Gasteiger partial charge in [-0.2, -0.15) is 10.2 Å². The van der Waals surface area contributed by atoms with Crippen molar-refractivity contribution in [2.45, 2.75) is 38.6 Å². The second-order valence-corrected chi connectivity index (χ2v) is 11.2. The van der Waals surface area contributed by atoms with Gasteiger partial charge in [0.1, 0.15) is 17.5 Å². The number of benzene rings is 1. The third-order valence-electron chi connectivity index (χ3n) is 8.20. The van der Waals surface area contributed by atoms with Crippen LogP contribution in [0.3, 0.4) is 0 Å². The van der Waals surface area contributed by atoms with Crippen LogP contribution in [0.1, 0.15) is 43.2 Å². The van der Waals surface area contributed by atoms with Crippen LogP contribution in [0.2, 0.25) is 0 Å². The minimum Gasteiger partial charge on any atom is -0.368 e. The SMILES string of the molecule is N#Cc1cnc(NCc2csc3ccccc23)nc1NCC12CC3C[C@H](C1)C(C=N)[C@@H](C3)C2. The monoisotopic (exact) mass is 456 g/mol. The summed E-state index contributed by atoms with van der Waals surface area (Å²) in [6.07, 6.45) is 9.57. The zero-order chi connectivity index (χ0) is 22.4. The molecule has 0 radical (unpaired) electrons. The Labute approximate surface area is 198 Å². The molecule has 3 unspecified atom stereocenters. The van der Waals surface area contributed by atoms with Crippen molar-refractivity contribution in [1.82, 2.24) is 9.97 Å². The van der Waals surface area contributed by atoms with Gasteiger partial charge in [-0.15, -0.1) is 11.3 Å². The number of fused-ring (bicyclic) bond motifs is 1. The summed E-state index contributed by atoms with van der Waals surface area (Å²) < 4.78 is 1.28. The second-order valence-electron chi connectivity index (χ2n) is 10.2. The van der Waals surface area contributed by atoms with Gasteiger partial charge in [0, 0.05) is 17.8 Å². The zero-order valence-corrected chi connectivity index (χ0v) is 19.4. The summed E-state index contributed by atoms with van der Waals surface area (Å²) in [5, 5.41) is 27.8. The van der Waals surface area contributed by atoms with Crippen LogP contribution in [0.25, 0.3) is 10.1 Å². The van der Waals surface area contributed by atoms with E-state index in [1.54, 1.807) is 23.7 Å². The molecule has 2 heterocycles. The molecule has 0 aliphatic heterocycles. The van der Waals surface area contributed by atoms with E-state index < -0.39 is 0 Å². The molecule has 0 saturated heterocycles. The molecule has 2 aromatic heterocycles. The van der Waals surface area contributed by atoms with Gasteiger partial charge in [-0.3, -0.25) is 0 Å². The van der Waals surface area contributed by atoms with Crippen LogP contribution in [0.4, 0.5) is 11.8 Å². The number of hydrogen-bond donors (Lipinski definition) is 3. The topological polar surface area (TPSA) is 97.5 Å². The normalized spacial score (nSPS) is 29.7. The fourth-order valence-corrected chi connectivity index (χ4v) is 7.98. The van der Waals surface area contributed by atoms with Crippen LogP contribution < -0.4 is 10.6 Å². The Bertz CT molecular complexity index is 1230. The molecular formula is C26H28N6S. The highest BCUT2D eigenvalue weighted by Gasteiger charge is 2.54. The fourth-order valence-electron chi connectivity index (χ4n) is 7.02. The first-order valence-corrected chi connectivity index (χ1v) is 12.7. The number of anilines is 2. The first kappa shape index (κ1) is 20.6. The van der Waals surface area contributed by atoms with Crippen molar-refractivity contribution in [3.63, 3.8) is 0 Å². The Morgan fingerprint density at radius 3 is 2.79 bits per heavy atom. The number of rotatable bonds is 7. The van der Waals surface area contributed by atoms with Crippen molar-refractivity contribution in [1.29, 1.82) is 10.7 Å². The highest BCUT2D eigenvalue weighted by Crippen LogP contribution is 2.61. The van der Waals surface area contributed by atoms with E-state index in [9.17, 15) is 5.26 Å². The van der Waals surface area contributed by atoms with E-state index in [1.807, 2.05) is 0 Å².